The smallest absolute Gasteiger partial charge is 0.274 e. The highest BCUT2D eigenvalue weighted by Gasteiger charge is 2.07. The first kappa shape index (κ1) is 12.8. The number of benzene rings is 1. The average Bonchev–Trinajstić information content (AvgIpc) is 2.82. The number of halogens is 1. The van der Waals surface area contributed by atoms with Crippen LogP contribution in [0.1, 0.15) is 5.01 Å². The fourth-order valence-electron chi connectivity index (χ4n) is 2.01. The summed E-state index contributed by atoms with van der Waals surface area (Å²) >= 11 is 1.47. The van der Waals surface area contributed by atoms with Crippen LogP contribution >= 0.6 is 11.3 Å². The summed E-state index contributed by atoms with van der Waals surface area (Å²) in [5.74, 6) is -0.302. The fraction of sp³-hybridized carbons (Fsp3) is 0.143. The largest absolute Gasteiger partial charge is 0.384 e. The molecule has 102 valence electrons. The number of hydrogen-bond acceptors (Lipinski definition) is 4. The van der Waals surface area contributed by atoms with Crippen molar-refractivity contribution in [3.05, 3.63) is 57.7 Å². The van der Waals surface area contributed by atoms with E-state index in [2.05, 4.69) is 10.3 Å². The lowest BCUT2D eigenvalue weighted by Crippen LogP contribution is -2.22. The minimum Gasteiger partial charge on any atom is -0.384 e. The molecular formula is C14H12FN3OS. The molecule has 0 saturated heterocycles. The number of anilines is 1. The van der Waals surface area contributed by atoms with Crippen LogP contribution in [0.4, 0.5) is 10.1 Å². The van der Waals surface area contributed by atoms with Crippen LogP contribution in [0.3, 0.4) is 0 Å². The molecule has 6 heteroatoms. The highest BCUT2D eigenvalue weighted by Crippen LogP contribution is 2.23. The maximum atomic E-state index is 13.1. The van der Waals surface area contributed by atoms with Crippen LogP contribution in [0.15, 0.2) is 41.3 Å². The summed E-state index contributed by atoms with van der Waals surface area (Å²) in [6.45, 7) is 0.384. The summed E-state index contributed by atoms with van der Waals surface area (Å²) in [7, 11) is 1.71. The summed E-state index contributed by atoms with van der Waals surface area (Å²) in [5.41, 5.74) is 1.07. The van der Waals surface area contributed by atoms with E-state index < -0.39 is 0 Å². The molecule has 20 heavy (non-hydrogen) atoms. The van der Waals surface area contributed by atoms with Crippen molar-refractivity contribution in [1.29, 1.82) is 0 Å². The molecule has 0 amide bonds. The van der Waals surface area contributed by atoms with E-state index in [-0.39, 0.29) is 11.4 Å². The third-order valence-electron chi connectivity index (χ3n) is 2.99. The lowest BCUT2D eigenvalue weighted by atomic mass is 10.3. The van der Waals surface area contributed by atoms with Crippen LogP contribution in [0.25, 0.3) is 10.2 Å². The maximum absolute atomic E-state index is 13.1. The zero-order valence-electron chi connectivity index (χ0n) is 10.8. The van der Waals surface area contributed by atoms with Crippen molar-refractivity contribution >= 4 is 27.2 Å². The Hall–Kier alpha value is -2.21. The van der Waals surface area contributed by atoms with Crippen LogP contribution in [0.2, 0.25) is 0 Å². The fourth-order valence-corrected chi connectivity index (χ4v) is 2.96. The Labute approximate surface area is 118 Å². The van der Waals surface area contributed by atoms with E-state index in [9.17, 15) is 9.18 Å². The molecule has 0 aliphatic heterocycles. The Morgan fingerprint density at radius 1 is 1.40 bits per heavy atom. The number of nitrogens with one attached hydrogen (secondary N) is 1. The molecule has 0 saturated carbocycles. The Kier molecular flexibility index (Phi) is 3.23. The Morgan fingerprint density at radius 3 is 3.05 bits per heavy atom. The number of thiazole rings is 1. The number of rotatable bonds is 3. The van der Waals surface area contributed by atoms with Crippen molar-refractivity contribution in [2.45, 2.75) is 6.54 Å². The van der Waals surface area contributed by atoms with Gasteiger partial charge in [0.05, 0.1) is 16.8 Å². The molecule has 0 spiro atoms. The highest BCUT2D eigenvalue weighted by molar-refractivity contribution is 7.18. The third-order valence-corrected chi connectivity index (χ3v) is 4.01. The average molecular weight is 289 g/mol. The zero-order chi connectivity index (χ0) is 14.1. The molecule has 1 N–H and O–H groups in total. The van der Waals surface area contributed by atoms with Crippen molar-refractivity contribution < 1.29 is 4.39 Å². The van der Waals surface area contributed by atoms with Gasteiger partial charge in [0.2, 0.25) is 0 Å². The van der Waals surface area contributed by atoms with Crippen molar-refractivity contribution in [1.82, 2.24) is 9.55 Å². The van der Waals surface area contributed by atoms with Crippen LogP contribution < -0.4 is 10.9 Å². The van der Waals surface area contributed by atoms with Gasteiger partial charge in [-0.1, -0.05) is 0 Å². The molecule has 2 aromatic heterocycles. The van der Waals surface area contributed by atoms with Gasteiger partial charge in [-0.3, -0.25) is 4.79 Å². The zero-order valence-corrected chi connectivity index (χ0v) is 11.6. The van der Waals surface area contributed by atoms with Gasteiger partial charge in [0, 0.05) is 19.3 Å². The van der Waals surface area contributed by atoms with E-state index in [4.69, 9.17) is 0 Å². The van der Waals surface area contributed by atoms with Crippen molar-refractivity contribution in [3.8, 4) is 0 Å². The van der Waals surface area contributed by atoms with Gasteiger partial charge in [0.15, 0.2) is 0 Å². The summed E-state index contributed by atoms with van der Waals surface area (Å²) in [5, 5.41) is 3.63. The second-order valence-electron chi connectivity index (χ2n) is 4.32. The van der Waals surface area contributed by atoms with E-state index in [1.165, 1.54) is 23.5 Å². The van der Waals surface area contributed by atoms with Crippen molar-refractivity contribution in [3.63, 3.8) is 0 Å². The first-order valence-electron chi connectivity index (χ1n) is 6.09. The maximum Gasteiger partial charge on any atom is 0.274 e. The summed E-state index contributed by atoms with van der Waals surface area (Å²) in [6.07, 6.45) is 1.72. The van der Waals surface area contributed by atoms with Gasteiger partial charge in [-0.25, -0.2) is 9.37 Å². The predicted molar refractivity (Wildman–Crippen MR) is 78.9 cm³/mol. The number of nitrogens with zero attached hydrogens (tertiary/aromatic N) is 2. The number of aromatic nitrogens is 2. The molecular weight excluding hydrogens is 277 g/mol. The van der Waals surface area contributed by atoms with Crippen LogP contribution in [-0.2, 0) is 6.54 Å². The van der Waals surface area contributed by atoms with Crippen molar-refractivity contribution in [2.24, 2.45) is 0 Å². The van der Waals surface area contributed by atoms with Gasteiger partial charge in [0.1, 0.15) is 16.5 Å². The van der Waals surface area contributed by atoms with Crippen LogP contribution in [-0.4, -0.2) is 16.6 Å². The lowest BCUT2D eigenvalue weighted by Gasteiger charge is -2.05. The van der Waals surface area contributed by atoms with Crippen LogP contribution in [0, 0.1) is 5.82 Å². The van der Waals surface area contributed by atoms with Gasteiger partial charge in [-0.05, 0) is 24.3 Å². The Bertz CT molecular complexity index is 825. The van der Waals surface area contributed by atoms with E-state index in [1.54, 1.807) is 36.0 Å². The van der Waals surface area contributed by atoms with E-state index in [0.29, 0.717) is 17.7 Å². The Balaban J connectivity index is 1.99. The van der Waals surface area contributed by atoms with E-state index in [0.717, 1.165) is 9.71 Å². The molecule has 2 heterocycles. The summed E-state index contributed by atoms with van der Waals surface area (Å²) < 4.78 is 15.6. The van der Waals surface area contributed by atoms with E-state index >= 15 is 0 Å². The standard InChI is InChI=1S/C14H12FN3OS/c1-16-10-3-2-6-18(14(10)19)8-13-17-11-7-9(15)4-5-12(11)20-13/h2-7,16H,8H2,1H3. The predicted octanol–water partition coefficient (Wildman–Crippen LogP) is 2.69. The molecule has 0 radical (unpaired) electrons. The summed E-state index contributed by atoms with van der Waals surface area (Å²) in [4.78, 5) is 16.5. The minimum atomic E-state index is -0.302. The monoisotopic (exact) mass is 289 g/mol. The molecule has 3 rings (SSSR count). The molecule has 3 aromatic rings. The molecule has 4 nitrogen and oxygen atoms in total. The summed E-state index contributed by atoms with van der Waals surface area (Å²) in [6, 6.07) is 8.06. The normalized spacial score (nSPS) is 10.9. The second-order valence-corrected chi connectivity index (χ2v) is 5.44. The lowest BCUT2D eigenvalue weighted by molar-refractivity contribution is 0.629. The van der Waals surface area contributed by atoms with Gasteiger partial charge in [-0.15, -0.1) is 11.3 Å². The van der Waals surface area contributed by atoms with Gasteiger partial charge in [-0.2, -0.15) is 0 Å². The number of hydrogen-bond donors (Lipinski definition) is 1. The number of fused-ring (bicyclic) bond motifs is 1. The molecule has 0 aliphatic rings. The molecule has 0 bridgehead atoms. The van der Waals surface area contributed by atoms with E-state index in [1.807, 2.05) is 0 Å². The van der Waals surface area contributed by atoms with Gasteiger partial charge in [0.25, 0.3) is 5.56 Å². The Morgan fingerprint density at radius 2 is 2.25 bits per heavy atom. The molecule has 1 aromatic carbocycles. The molecule has 0 atom stereocenters. The van der Waals surface area contributed by atoms with Crippen LogP contribution in [0.5, 0.6) is 0 Å². The molecule has 0 aliphatic carbocycles. The van der Waals surface area contributed by atoms with Gasteiger partial charge < -0.3 is 9.88 Å². The second kappa shape index (κ2) is 5.05. The number of pyridine rings is 1. The topological polar surface area (TPSA) is 46.9 Å². The van der Waals surface area contributed by atoms with Crippen molar-refractivity contribution in [2.75, 3.05) is 12.4 Å². The van der Waals surface area contributed by atoms with Gasteiger partial charge >= 0.3 is 0 Å². The first-order chi connectivity index (χ1) is 9.67. The SMILES string of the molecule is CNc1cccn(Cc2nc3cc(F)ccc3s2)c1=O. The minimum absolute atomic E-state index is 0.0968. The molecule has 0 fully saturated rings. The molecule has 0 unspecified atom stereocenters. The first-order valence-corrected chi connectivity index (χ1v) is 6.91. The third kappa shape index (κ3) is 2.30. The quantitative estimate of drug-likeness (QED) is 0.806. The highest BCUT2D eigenvalue weighted by atomic mass is 32.1.